The van der Waals surface area contributed by atoms with Gasteiger partial charge in [-0.3, -0.25) is 9.78 Å². The van der Waals surface area contributed by atoms with Gasteiger partial charge in [-0.25, -0.2) is 0 Å². The van der Waals surface area contributed by atoms with Gasteiger partial charge in [0.25, 0.3) is 0 Å². The summed E-state index contributed by atoms with van der Waals surface area (Å²) in [6.07, 6.45) is 1.71. The van der Waals surface area contributed by atoms with Crippen molar-refractivity contribution in [3.63, 3.8) is 0 Å². The first-order valence-electron chi connectivity index (χ1n) is 5.40. The van der Waals surface area contributed by atoms with Crippen molar-refractivity contribution >= 4 is 28.9 Å². The Kier molecular flexibility index (Phi) is 3.79. The standard InChI is InChI=1S/C13H12ClN3O/c14-11-3-1-2-4-12(11)17-13(18)7-10-6-5-9(15)8-16-10/h1-6,8H,7,15H2,(H,17,18). The van der Waals surface area contributed by atoms with Crippen molar-refractivity contribution in [1.82, 2.24) is 4.98 Å². The predicted octanol–water partition coefficient (Wildman–Crippen LogP) is 2.50. The van der Waals surface area contributed by atoms with Crippen LogP contribution in [0.15, 0.2) is 42.6 Å². The van der Waals surface area contributed by atoms with Gasteiger partial charge in [-0.1, -0.05) is 23.7 Å². The third kappa shape index (κ3) is 3.21. The Hall–Kier alpha value is -2.07. The number of halogens is 1. The molecule has 2 rings (SSSR count). The number of hydrogen-bond donors (Lipinski definition) is 2. The van der Waals surface area contributed by atoms with E-state index in [1.54, 1.807) is 30.3 Å². The van der Waals surface area contributed by atoms with E-state index in [-0.39, 0.29) is 12.3 Å². The first-order chi connectivity index (χ1) is 8.65. The second-order valence-electron chi connectivity index (χ2n) is 3.79. The smallest absolute Gasteiger partial charge is 0.230 e. The number of para-hydroxylation sites is 1. The molecule has 0 atom stereocenters. The highest BCUT2D eigenvalue weighted by Crippen LogP contribution is 2.20. The van der Waals surface area contributed by atoms with E-state index in [0.717, 1.165) is 0 Å². The van der Waals surface area contributed by atoms with Crippen LogP contribution in [0.3, 0.4) is 0 Å². The fourth-order valence-corrected chi connectivity index (χ4v) is 1.64. The minimum absolute atomic E-state index is 0.166. The van der Waals surface area contributed by atoms with Crippen molar-refractivity contribution in [1.29, 1.82) is 0 Å². The maximum Gasteiger partial charge on any atom is 0.230 e. The van der Waals surface area contributed by atoms with Crippen molar-refractivity contribution in [2.45, 2.75) is 6.42 Å². The largest absolute Gasteiger partial charge is 0.397 e. The number of rotatable bonds is 3. The molecular weight excluding hydrogens is 250 g/mol. The van der Waals surface area contributed by atoms with E-state index < -0.39 is 0 Å². The molecule has 0 aliphatic rings. The van der Waals surface area contributed by atoms with Gasteiger partial charge in [0.05, 0.1) is 29.0 Å². The first kappa shape index (κ1) is 12.4. The number of carbonyl (C=O) groups is 1. The summed E-state index contributed by atoms with van der Waals surface area (Å²) in [5.74, 6) is -0.166. The van der Waals surface area contributed by atoms with Gasteiger partial charge >= 0.3 is 0 Å². The lowest BCUT2D eigenvalue weighted by molar-refractivity contribution is -0.115. The average Bonchev–Trinajstić information content (AvgIpc) is 2.35. The molecule has 3 N–H and O–H groups in total. The Morgan fingerprint density at radius 1 is 1.28 bits per heavy atom. The van der Waals surface area contributed by atoms with Crippen LogP contribution in [0.2, 0.25) is 5.02 Å². The van der Waals surface area contributed by atoms with Crippen molar-refractivity contribution in [2.75, 3.05) is 11.1 Å². The number of nitrogens with two attached hydrogens (primary N) is 1. The van der Waals surface area contributed by atoms with Gasteiger partial charge in [0, 0.05) is 5.69 Å². The van der Waals surface area contributed by atoms with Crippen molar-refractivity contribution < 1.29 is 4.79 Å². The number of benzene rings is 1. The molecule has 92 valence electrons. The normalized spacial score (nSPS) is 10.1. The van der Waals surface area contributed by atoms with Crippen LogP contribution in [-0.2, 0) is 11.2 Å². The maximum absolute atomic E-state index is 11.8. The van der Waals surface area contributed by atoms with Crippen LogP contribution in [0.25, 0.3) is 0 Å². The van der Waals surface area contributed by atoms with Crippen LogP contribution >= 0.6 is 11.6 Å². The molecule has 1 aromatic carbocycles. The summed E-state index contributed by atoms with van der Waals surface area (Å²) >= 11 is 5.95. The first-order valence-corrected chi connectivity index (χ1v) is 5.78. The van der Waals surface area contributed by atoms with Crippen molar-refractivity contribution in [3.05, 3.63) is 53.3 Å². The lowest BCUT2D eigenvalue weighted by atomic mass is 10.2. The molecule has 0 aliphatic carbocycles. The fraction of sp³-hybridized carbons (Fsp3) is 0.0769. The summed E-state index contributed by atoms with van der Waals surface area (Å²) in [5, 5.41) is 3.24. The van der Waals surface area contributed by atoms with E-state index in [4.69, 9.17) is 17.3 Å². The lowest BCUT2D eigenvalue weighted by Crippen LogP contribution is -2.15. The molecule has 1 aromatic heterocycles. The number of amides is 1. The molecule has 0 bridgehead atoms. The molecule has 0 radical (unpaired) electrons. The molecule has 2 aromatic rings. The number of nitrogens with one attached hydrogen (secondary N) is 1. The second-order valence-corrected chi connectivity index (χ2v) is 4.19. The van der Waals surface area contributed by atoms with E-state index in [1.165, 1.54) is 6.20 Å². The SMILES string of the molecule is Nc1ccc(CC(=O)Nc2ccccc2Cl)nc1. The van der Waals surface area contributed by atoms with Crippen LogP contribution in [0, 0.1) is 0 Å². The fourth-order valence-electron chi connectivity index (χ4n) is 1.46. The van der Waals surface area contributed by atoms with E-state index in [1.807, 2.05) is 6.07 Å². The number of nitrogen functional groups attached to an aromatic ring is 1. The molecule has 0 unspecified atom stereocenters. The highest BCUT2D eigenvalue weighted by molar-refractivity contribution is 6.33. The second kappa shape index (κ2) is 5.51. The van der Waals surface area contributed by atoms with Gasteiger partial charge in [0.15, 0.2) is 0 Å². The Morgan fingerprint density at radius 2 is 2.06 bits per heavy atom. The van der Waals surface area contributed by atoms with Gasteiger partial charge in [0.1, 0.15) is 0 Å². The number of anilines is 2. The van der Waals surface area contributed by atoms with E-state index in [0.29, 0.717) is 22.1 Å². The van der Waals surface area contributed by atoms with Gasteiger partial charge in [-0.05, 0) is 24.3 Å². The van der Waals surface area contributed by atoms with Crippen LogP contribution in [-0.4, -0.2) is 10.9 Å². The topological polar surface area (TPSA) is 68.0 Å². The van der Waals surface area contributed by atoms with Crippen LogP contribution in [0.1, 0.15) is 5.69 Å². The summed E-state index contributed by atoms with van der Waals surface area (Å²) in [4.78, 5) is 15.8. The third-order valence-corrected chi connectivity index (χ3v) is 2.67. The Morgan fingerprint density at radius 3 is 2.72 bits per heavy atom. The van der Waals surface area contributed by atoms with Gasteiger partial charge < -0.3 is 11.1 Å². The van der Waals surface area contributed by atoms with Crippen molar-refractivity contribution in [2.24, 2.45) is 0 Å². The molecule has 0 saturated heterocycles. The number of carbonyl (C=O) groups excluding carboxylic acids is 1. The van der Waals surface area contributed by atoms with Crippen molar-refractivity contribution in [3.8, 4) is 0 Å². The molecule has 0 fully saturated rings. The van der Waals surface area contributed by atoms with E-state index >= 15 is 0 Å². The van der Waals surface area contributed by atoms with Crippen LogP contribution < -0.4 is 11.1 Å². The molecule has 18 heavy (non-hydrogen) atoms. The third-order valence-electron chi connectivity index (χ3n) is 2.34. The van der Waals surface area contributed by atoms with E-state index in [9.17, 15) is 4.79 Å². The molecule has 0 spiro atoms. The van der Waals surface area contributed by atoms with E-state index in [2.05, 4.69) is 10.3 Å². The zero-order valence-electron chi connectivity index (χ0n) is 9.56. The number of aromatic nitrogens is 1. The molecule has 1 heterocycles. The summed E-state index contributed by atoms with van der Waals surface area (Å²) in [6, 6.07) is 10.5. The molecule has 0 aliphatic heterocycles. The monoisotopic (exact) mass is 261 g/mol. The quantitative estimate of drug-likeness (QED) is 0.892. The van der Waals surface area contributed by atoms with Gasteiger partial charge in [0.2, 0.25) is 5.91 Å². The number of hydrogen-bond acceptors (Lipinski definition) is 3. The van der Waals surface area contributed by atoms with Crippen LogP contribution in [0.4, 0.5) is 11.4 Å². The average molecular weight is 262 g/mol. The molecule has 0 saturated carbocycles. The van der Waals surface area contributed by atoms with Gasteiger partial charge in [-0.2, -0.15) is 0 Å². The minimum atomic E-state index is -0.166. The zero-order valence-corrected chi connectivity index (χ0v) is 10.3. The maximum atomic E-state index is 11.8. The van der Waals surface area contributed by atoms with Gasteiger partial charge in [-0.15, -0.1) is 0 Å². The lowest BCUT2D eigenvalue weighted by Gasteiger charge is -2.06. The minimum Gasteiger partial charge on any atom is -0.397 e. The Labute approximate surface area is 110 Å². The Balaban J connectivity index is 2.01. The van der Waals surface area contributed by atoms with Crippen LogP contribution in [0.5, 0.6) is 0 Å². The predicted molar refractivity (Wildman–Crippen MR) is 72.4 cm³/mol. The summed E-state index contributed by atoms with van der Waals surface area (Å²) < 4.78 is 0. The molecule has 5 heteroatoms. The number of nitrogens with zero attached hydrogens (tertiary/aromatic N) is 1. The molecular formula is C13H12ClN3O. The zero-order chi connectivity index (χ0) is 13.0. The summed E-state index contributed by atoms with van der Waals surface area (Å²) in [6.45, 7) is 0. The molecule has 4 nitrogen and oxygen atoms in total. The highest BCUT2D eigenvalue weighted by Gasteiger charge is 2.07. The number of pyridine rings is 1. The molecule has 1 amide bonds. The Bertz CT molecular complexity index is 554. The summed E-state index contributed by atoms with van der Waals surface area (Å²) in [5.41, 5.74) is 7.35. The summed E-state index contributed by atoms with van der Waals surface area (Å²) in [7, 11) is 0. The highest BCUT2D eigenvalue weighted by atomic mass is 35.5.